The molecule has 0 bridgehead atoms. The maximum absolute atomic E-state index is 14.7. The molecule has 33 heavy (non-hydrogen) atoms. The molecule has 0 aliphatic rings. The van der Waals surface area contributed by atoms with E-state index in [-0.39, 0.29) is 11.4 Å². The number of aromatic nitrogens is 5. The van der Waals surface area contributed by atoms with Gasteiger partial charge in [-0.25, -0.2) is 28.4 Å². The van der Waals surface area contributed by atoms with E-state index in [1.165, 1.54) is 12.4 Å². The standard InChI is InChI=1S/C22H21ClF2N6O2/c1-11(21-29-10-31(30-21)22(2,3)32-4)33-15-8-6-13(19-16(15)20(26)28-9-27-19)12-5-7-14(24)17(23)18(12)25/h5-11H,1-4H3,(H2,26,27,28)/t11-/m0/s1. The van der Waals surface area contributed by atoms with E-state index in [4.69, 9.17) is 26.8 Å². The Balaban J connectivity index is 1.77. The monoisotopic (exact) mass is 474 g/mol. The van der Waals surface area contributed by atoms with Gasteiger partial charge in [-0.2, -0.15) is 0 Å². The molecule has 4 rings (SSSR count). The molecular weight excluding hydrogens is 454 g/mol. The van der Waals surface area contributed by atoms with Gasteiger partial charge in [-0.1, -0.05) is 11.6 Å². The van der Waals surface area contributed by atoms with Crippen LogP contribution < -0.4 is 10.5 Å². The van der Waals surface area contributed by atoms with Gasteiger partial charge >= 0.3 is 0 Å². The Morgan fingerprint density at radius 2 is 1.82 bits per heavy atom. The maximum atomic E-state index is 14.7. The van der Waals surface area contributed by atoms with E-state index in [0.29, 0.717) is 28.0 Å². The maximum Gasteiger partial charge on any atom is 0.191 e. The summed E-state index contributed by atoms with van der Waals surface area (Å²) in [6.45, 7) is 5.48. The van der Waals surface area contributed by atoms with Crippen molar-refractivity contribution in [3.8, 4) is 16.9 Å². The van der Waals surface area contributed by atoms with Crippen LogP contribution in [0.4, 0.5) is 14.6 Å². The number of hydrogen-bond donors (Lipinski definition) is 1. The molecule has 0 aliphatic heterocycles. The van der Waals surface area contributed by atoms with E-state index in [0.717, 1.165) is 6.07 Å². The van der Waals surface area contributed by atoms with E-state index in [1.807, 2.05) is 13.8 Å². The molecule has 0 fully saturated rings. The SMILES string of the molecule is COC(C)(C)n1cnc([C@H](C)Oc2ccc(-c3ccc(F)c(Cl)c3F)c3ncnc(N)c23)n1. The molecule has 0 saturated heterocycles. The fraction of sp³-hybridized carbons (Fsp3) is 0.273. The second kappa shape index (κ2) is 8.53. The molecule has 11 heteroatoms. The van der Waals surface area contributed by atoms with Crippen LogP contribution in [0.2, 0.25) is 5.02 Å². The fourth-order valence-corrected chi connectivity index (χ4v) is 3.44. The number of benzene rings is 2. The van der Waals surface area contributed by atoms with Crippen molar-refractivity contribution in [1.82, 2.24) is 24.7 Å². The summed E-state index contributed by atoms with van der Waals surface area (Å²) in [5.41, 5.74) is 6.21. The lowest BCUT2D eigenvalue weighted by molar-refractivity contribution is -0.0556. The number of halogens is 3. The minimum atomic E-state index is -0.896. The van der Waals surface area contributed by atoms with Gasteiger partial charge in [0.25, 0.3) is 0 Å². The number of anilines is 1. The van der Waals surface area contributed by atoms with Crippen LogP contribution in [0.1, 0.15) is 32.7 Å². The Morgan fingerprint density at radius 3 is 2.55 bits per heavy atom. The first kappa shape index (κ1) is 22.8. The van der Waals surface area contributed by atoms with Crippen LogP contribution in [0.3, 0.4) is 0 Å². The predicted octanol–water partition coefficient (Wildman–Crippen LogP) is 4.88. The molecule has 4 aromatic rings. The average molecular weight is 475 g/mol. The minimum Gasteiger partial charge on any atom is -0.482 e. The summed E-state index contributed by atoms with van der Waals surface area (Å²) in [7, 11) is 1.58. The van der Waals surface area contributed by atoms with Gasteiger partial charge in [0.2, 0.25) is 0 Å². The number of fused-ring (bicyclic) bond motifs is 1. The topological polar surface area (TPSA) is 101 Å². The fourth-order valence-electron chi connectivity index (χ4n) is 3.28. The van der Waals surface area contributed by atoms with Crippen molar-refractivity contribution in [2.75, 3.05) is 12.8 Å². The lowest BCUT2D eigenvalue weighted by Gasteiger charge is -2.22. The van der Waals surface area contributed by atoms with Gasteiger partial charge in [0.05, 0.1) is 10.9 Å². The zero-order valence-corrected chi connectivity index (χ0v) is 19.1. The van der Waals surface area contributed by atoms with Gasteiger partial charge in [0.15, 0.2) is 23.5 Å². The second-order valence-electron chi connectivity index (χ2n) is 7.77. The highest BCUT2D eigenvalue weighted by Crippen LogP contribution is 2.39. The molecular formula is C22H21ClF2N6O2. The lowest BCUT2D eigenvalue weighted by Crippen LogP contribution is -2.29. The summed E-state index contributed by atoms with van der Waals surface area (Å²) in [5, 5.41) is 4.21. The van der Waals surface area contributed by atoms with Crippen LogP contribution >= 0.6 is 11.6 Å². The van der Waals surface area contributed by atoms with Gasteiger partial charge in [0.1, 0.15) is 35.1 Å². The first-order valence-electron chi connectivity index (χ1n) is 9.95. The predicted molar refractivity (Wildman–Crippen MR) is 120 cm³/mol. The summed E-state index contributed by atoms with van der Waals surface area (Å²) in [6.07, 6.45) is 2.25. The lowest BCUT2D eigenvalue weighted by atomic mass is 10.0. The van der Waals surface area contributed by atoms with E-state index in [2.05, 4.69) is 20.1 Å². The van der Waals surface area contributed by atoms with Crippen molar-refractivity contribution in [3.05, 3.63) is 59.4 Å². The highest BCUT2D eigenvalue weighted by atomic mass is 35.5. The summed E-state index contributed by atoms with van der Waals surface area (Å²) < 4.78 is 41.5. The van der Waals surface area contributed by atoms with Crippen LogP contribution in [0.5, 0.6) is 5.75 Å². The highest BCUT2D eigenvalue weighted by molar-refractivity contribution is 6.31. The van der Waals surface area contributed by atoms with Gasteiger partial charge in [0, 0.05) is 18.2 Å². The summed E-state index contributed by atoms with van der Waals surface area (Å²) >= 11 is 5.77. The largest absolute Gasteiger partial charge is 0.482 e. The molecule has 8 nitrogen and oxygen atoms in total. The van der Waals surface area contributed by atoms with Crippen molar-refractivity contribution in [2.24, 2.45) is 0 Å². The quantitative estimate of drug-likeness (QED) is 0.397. The van der Waals surface area contributed by atoms with Crippen molar-refractivity contribution < 1.29 is 18.3 Å². The molecule has 172 valence electrons. The highest BCUT2D eigenvalue weighted by Gasteiger charge is 2.24. The molecule has 2 heterocycles. The van der Waals surface area contributed by atoms with Crippen LogP contribution in [-0.4, -0.2) is 31.8 Å². The van der Waals surface area contributed by atoms with Crippen molar-refractivity contribution >= 4 is 28.3 Å². The third-order valence-corrected chi connectivity index (χ3v) is 5.68. The van der Waals surface area contributed by atoms with Crippen LogP contribution in [0, 0.1) is 11.6 Å². The van der Waals surface area contributed by atoms with Crippen LogP contribution in [0.15, 0.2) is 36.9 Å². The number of hydrogen-bond acceptors (Lipinski definition) is 7. The number of nitrogens with two attached hydrogens (primary N) is 1. The van der Waals surface area contributed by atoms with Crippen LogP contribution in [0.25, 0.3) is 22.0 Å². The Bertz CT molecular complexity index is 1340. The first-order valence-corrected chi connectivity index (χ1v) is 10.3. The number of ether oxygens (including phenoxy) is 2. The molecule has 2 aromatic carbocycles. The van der Waals surface area contributed by atoms with Gasteiger partial charge in [-0.3, -0.25) is 0 Å². The van der Waals surface area contributed by atoms with Crippen molar-refractivity contribution in [2.45, 2.75) is 32.6 Å². The molecule has 0 amide bonds. The molecule has 0 spiro atoms. The van der Waals surface area contributed by atoms with Crippen LogP contribution in [-0.2, 0) is 10.5 Å². The molecule has 1 atom stereocenters. The van der Waals surface area contributed by atoms with Crippen molar-refractivity contribution in [3.63, 3.8) is 0 Å². The zero-order valence-electron chi connectivity index (χ0n) is 18.3. The third-order valence-electron chi connectivity index (χ3n) is 5.33. The molecule has 0 radical (unpaired) electrons. The Kier molecular flexibility index (Phi) is 5.89. The Hall–Kier alpha value is -3.37. The molecule has 0 aliphatic carbocycles. The van der Waals surface area contributed by atoms with E-state index in [1.54, 1.807) is 37.2 Å². The smallest absolute Gasteiger partial charge is 0.191 e. The molecule has 2 aromatic heterocycles. The van der Waals surface area contributed by atoms with E-state index >= 15 is 0 Å². The summed E-state index contributed by atoms with van der Waals surface area (Å²) in [6, 6.07) is 5.60. The van der Waals surface area contributed by atoms with Gasteiger partial charge in [-0.15, -0.1) is 5.10 Å². The zero-order chi connectivity index (χ0) is 23.9. The first-order chi connectivity index (χ1) is 15.6. The normalized spacial score (nSPS) is 12.8. The average Bonchev–Trinajstić information content (AvgIpc) is 3.30. The molecule has 0 saturated carbocycles. The third kappa shape index (κ3) is 4.07. The molecule has 2 N–H and O–H groups in total. The van der Waals surface area contributed by atoms with E-state index in [9.17, 15) is 8.78 Å². The number of rotatable bonds is 6. The molecule has 0 unspecified atom stereocenters. The summed E-state index contributed by atoms with van der Waals surface area (Å²) in [4.78, 5) is 12.6. The van der Waals surface area contributed by atoms with E-state index < -0.39 is 28.5 Å². The Morgan fingerprint density at radius 1 is 1.09 bits per heavy atom. The van der Waals surface area contributed by atoms with Gasteiger partial charge in [-0.05, 0) is 45.0 Å². The van der Waals surface area contributed by atoms with Crippen molar-refractivity contribution in [1.29, 1.82) is 0 Å². The Labute approximate surface area is 193 Å². The number of methoxy groups -OCH3 is 1. The minimum absolute atomic E-state index is 0.0753. The number of nitrogen functional groups attached to an aromatic ring is 1. The number of nitrogens with zero attached hydrogens (tertiary/aromatic N) is 5. The van der Waals surface area contributed by atoms with Gasteiger partial charge < -0.3 is 15.2 Å². The second-order valence-corrected chi connectivity index (χ2v) is 8.15. The summed E-state index contributed by atoms with van der Waals surface area (Å²) in [5.74, 6) is -0.836.